The van der Waals surface area contributed by atoms with E-state index >= 15 is 0 Å². The molecule has 1 rings (SSSR count). The van der Waals surface area contributed by atoms with Crippen molar-refractivity contribution in [3.05, 3.63) is 29.3 Å². The van der Waals surface area contributed by atoms with Crippen LogP contribution >= 0.6 is 0 Å². The van der Waals surface area contributed by atoms with E-state index in [1.54, 1.807) is 0 Å². The van der Waals surface area contributed by atoms with E-state index in [2.05, 4.69) is 0 Å². The molecule has 0 radical (unpaired) electrons. The molecule has 0 aliphatic heterocycles. The second-order valence-corrected chi connectivity index (χ2v) is 4.22. The van der Waals surface area contributed by atoms with Crippen molar-refractivity contribution in [3.8, 4) is 0 Å². The molecule has 0 saturated carbocycles. The van der Waals surface area contributed by atoms with Gasteiger partial charge in [-0.1, -0.05) is 0 Å². The molecule has 0 aliphatic carbocycles. The van der Waals surface area contributed by atoms with Crippen LogP contribution in [0.4, 0.5) is 0 Å². The third-order valence-electron chi connectivity index (χ3n) is 1.68. The molecule has 0 fully saturated rings. The Bertz CT molecular complexity index is 537. The van der Waals surface area contributed by atoms with Crippen LogP contribution < -0.4 is 91.2 Å². The van der Waals surface area contributed by atoms with Gasteiger partial charge in [-0.3, -0.25) is 4.55 Å². The molecule has 10 heteroatoms. The number of carboxylic acids is 2. The third-order valence-corrected chi connectivity index (χ3v) is 2.51. The predicted molar refractivity (Wildman–Crippen MR) is 44.9 cm³/mol. The Morgan fingerprint density at radius 3 is 1.56 bits per heavy atom. The minimum atomic E-state index is -4.70. The fraction of sp³-hybridized carbons (Fsp3) is 0. The normalized spacial score (nSPS) is 9.83. The zero-order valence-electron chi connectivity index (χ0n) is 9.54. The summed E-state index contributed by atoms with van der Waals surface area (Å²) in [4.78, 5) is 20.1. The average molecular weight is 306 g/mol. The Labute approximate surface area is 167 Å². The van der Waals surface area contributed by atoms with Crippen LogP contribution in [0, 0.1) is 0 Å². The maximum absolute atomic E-state index is 10.7. The van der Waals surface area contributed by atoms with Gasteiger partial charge >= 0.3 is 80.9 Å². The number of carboxylic acid groups (broad SMARTS) is 2. The van der Waals surface area contributed by atoms with Crippen LogP contribution in [0.2, 0.25) is 0 Å². The molecule has 0 saturated heterocycles. The van der Waals surface area contributed by atoms with Crippen molar-refractivity contribution in [3.63, 3.8) is 0 Å². The molecular formula is C8H4KNaO7S. The number of carbonyl (C=O) groups is 2. The molecule has 0 amide bonds. The monoisotopic (exact) mass is 306 g/mol. The summed E-state index contributed by atoms with van der Waals surface area (Å²) < 4.78 is 30.1. The quantitative estimate of drug-likeness (QED) is 0.433. The molecular weight excluding hydrogens is 302 g/mol. The first-order valence-corrected chi connectivity index (χ1v) is 5.21. The van der Waals surface area contributed by atoms with Gasteiger partial charge in [0.1, 0.15) is 0 Å². The fourth-order valence-corrected chi connectivity index (χ4v) is 1.54. The molecule has 0 bridgehead atoms. The van der Waals surface area contributed by atoms with E-state index in [1.165, 1.54) is 0 Å². The summed E-state index contributed by atoms with van der Waals surface area (Å²) in [6.45, 7) is 0. The molecule has 7 nitrogen and oxygen atoms in total. The topological polar surface area (TPSA) is 135 Å². The Hall–Kier alpha value is 0.706. The van der Waals surface area contributed by atoms with Crippen LogP contribution in [0.25, 0.3) is 0 Å². The summed E-state index contributed by atoms with van der Waals surface area (Å²) >= 11 is 0. The smallest absolute Gasteiger partial charge is 0.545 e. The standard InChI is InChI=1S/C8H6O7S.K.Na/c9-7(10)4-1-5(8(11)12)3-6(2-4)16(13,14)15;;/h1-3H,(H,9,10)(H,11,12)(H,13,14,15);;/q;2*+1/p-2. The molecule has 1 aromatic carbocycles. The maximum atomic E-state index is 10.7. The van der Waals surface area contributed by atoms with Crippen molar-refractivity contribution < 1.29 is 114 Å². The van der Waals surface area contributed by atoms with Gasteiger partial charge in [0.05, 0.1) is 16.8 Å². The number of hydrogen-bond acceptors (Lipinski definition) is 6. The third kappa shape index (κ3) is 5.78. The van der Waals surface area contributed by atoms with Gasteiger partial charge in [0.2, 0.25) is 0 Å². The van der Waals surface area contributed by atoms with Crippen molar-refractivity contribution in [2.45, 2.75) is 4.90 Å². The van der Waals surface area contributed by atoms with Crippen molar-refractivity contribution in [1.29, 1.82) is 0 Å². The molecule has 86 valence electrons. The van der Waals surface area contributed by atoms with Crippen LogP contribution in [0.15, 0.2) is 23.1 Å². The maximum Gasteiger partial charge on any atom is 1.00 e. The Morgan fingerprint density at radius 1 is 1.00 bits per heavy atom. The van der Waals surface area contributed by atoms with Crippen LogP contribution in [0.1, 0.15) is 20.7 Å². The van der Waals surface area contributed by atoms with Gasteiger partial charge in [-0.15, -0.1) is 0 Å². The number of aromatic carboxylic acids is 2. The van der Waals surface area contributed by atoms with E-state index in [-0.39, 0.29) is 80.9 Å². The molecule has 1 aromatic rings. The molecule has 18 heavy (non-hydrogen) atoms. The van der Waals surface area contributed by atoms with Gasteiger partial charge in [-0.2, -0.15) is 8.42 Å². The van der Waals surface area contributed by atoms with E-state index in [0.717, 1.165) is 0 Å². The Balaban J connectivity index is 0. The second kappa shape index (κ2) is 8.10. The Morgan fingerprint density at radius 2 is 1.33 bits per heavy atom. The van der Waals surface area contributed by atoms with Crippen molar-refractivity contribution >= 4 is 22.1 Å². The van der Waals surface area contributed by atoms with E-state index in [9.17, 15) is 28.2 Å². The minimum absolute atomic E-state index is 0. The van der Waals surface area contributed by atoms with Gasteiger partial charge in [0.15, 0.2) is 0 Å². The van der Waals surface area contributed by atoms with Crippen molar-refractivity contribution in [2.24, 2.45) is 0 Å². The molecule has 0 spiro atoms. The molecule has 0 heterocycles. The molecule has 0 aromatic heterocycles. The zero-order chi connectivity index (χ0) is 12.5. The largest absolute Gasteiger partial charge is 1.00 e. The summed E-state index contributed by atoms with van der Waals surface area (Å²) in [5.74, 6) is -3.54. The number of hydrogen-bond donors (Lipinski definition) is 1. The zero-order valence-corrected chi connectivity index (χ0v) is 15.5. The van der Waals surface area contributed by atoms with Crippen LogP contribution in [0.3, 0.4) is 0 Å². The van der Waals surface area contributed by atoms with E-state index < -0.39 is 38.1 Å². The van der Waals surface area contributed by atoms with Gasteiger partial charge in [-0.05, 0) is 29.3 Å². The van der Waals surface area contributed by atoms with Crippen LogP contribution in [0.5, 0.6) is 0 Å². The van der Waals surface area contributed by atoms with E-state index in [1.807, 2.05) is 0 Å². The minimum Gasteiger partial charge on any atom is -0.545 e. The molecule has 0 atom stereocenters. The van der Waals surface area contributed by atoms with E-state index in [4.69, 9.17) is 4.55 Å². The molecule has 0 aliphatic rings. The summed E-state index contributed by atoms with van der Waals surface area (Å²) in [5, 5.41) is 20.9. The van der Waals surface area contributed by atoms with Crippen LogP contribution in [-0.4, -0.2) is 24.9 Å². The number of rotatable bonds is 3. The van der Waals surface area contributed by atoms with Gasteiger partial charge in [0.25, 0.3) is 10.1 Å². The summed E-state index contributed by atoms with van der Waals surface area (Å²) in [6.07, 6.45) is 0. The SMILES string of the molecule is O=C([O-])c1cc(C(=O)[O-])cc(S(=O)(=O)O)c1.[K+].[Na+]. The van der Waals surface area contributed by atoms with Gasteiger partial charge in [0, 0.05) is 0 Å². The van der Waals surface area contributed by atoms with Crippen molar-refractivity contribution in [1.82, 2.24) is 0 Å². The first kappa shape index (κ1) is 21.0. The van der Waals surface area contributed by atoms with E-state index in [0.29, 0.717) is 18.2 Å². The van der Waals surface area contributed by atoms with Gasteiger partial charge in [-0.25, -0.2) is 0 Å². The first-order valence-electron chi connectivity index (χ1n) is 3.77. The number of carbonyl (C=O) groups excluding carboxylic acids is 2. The second-order valence-electron chi connectivity index (χ2n) is 2.80. The Kier molecular flexibility index (Phi) is 9.45. The molecule has 0 unspecified atom stereocenters. The fourth-order valence-electron chi connectivity index (χ4n) is 0.984. The summed E-state index contributed by atoms with van der Waals surface area (Å²) in [6, 6.07) is 1.83. The molecule has 1 N–H and O–H groups in total. The van der Waals surface area contributed by atoms with Gasteiger partial charge < -0.3 is 19.8 Å². The summed E-state index contributed by atoms with van der Waals surface area (Å²) in [7, 11) is -4.70. The summed E-state index contributed by atoms with van der Waals surface area (Å²) in [5.41, 5.74) is -1.37. The van der Waals surface area contributed by atoms with Crippen LogP contribution in [-0.2, 0) is 10.1 Å². The first-order chi connectivity index (χ1) is 7.21. The van der Waals surface area contributed by atoms with Crippen molar-refractivity contribution in [2.75, 3.05) is 0 Å². The predicted octanol–water partition coefficient (Wildman–Crippen LogP) is -8.33. The number of benzene rings is 1. The average Bonchev–Trinajstić information content (AvgIpc) is 2.15.